The Labute approximate surface area is 207 Å². The summed E-state index contributed by atoms with van der Waals surface area (Å²) in [5.74, 6) is -1.98. The van der Waals surface area contributed by atoms with E-state index in [2.05, 4.69) is 17.6 Å². The number of aliphatic hydroxyl groups is 1. The number of ether oxygens (including phenoxy) is 1. The van der Waals surface area contributed by atoms with Crippen LogP contribution >= 0.6 is 0 Å². The minimum absolute atomic E-state index is 0.203. The van der Waals surface area contributed by atoms with Gasteiger partial charge in [0.05, 0.1) is 13.0 Å². The van der Waals surface area contributed by atoms with Crippen LogP contribution in [0.1, 0.15) is 70.5 Å². The van der Waals surface area contributed by atoms with E-state index in [1.807, 2.05) is 13.0 Å². The van der Waals surface area contributed by atoms with Crippen molar-refractivity contribution in [1.82, 2.24) is 15.5 Å². The fraction of sp³-hybridized carbons (Fsp3) is 0.600. The Morgan fingerprint density at radius 2 is 1.86 bits per heavy atom. The Morgan fingerprint density at radius 3 is 2.40 bits per heavy atom. The summed E-state index contributed by atoms with van der Waals surface area (Å²) in [5.41, 5.74) is 5.92. The van der Waals surface area contributed by atoms with Crippen molar-refractivity contribution >= 4 is 23.8 Å². The number of amides is 4. The van der Waals surface area contributed by atoms with Crippen LogP contribution in [0.2, 0.25) is 0 Å². The Hall–Kier alpha value is -3.14. The molecule has 0 aromatic heterocycles. The second-order valence-electron chi connectivity index (χ2n) is 9.44. The van der Waals surface area contributed by atoms with Gasteiger partial charge in [0.1, 0.15) is 17.7 Å². The van der Waals surface area contributed by atoms with Gasteiger partial charge in [0.15, 0.2) is 0 Å². The molecule has 1 aromatic rings. The van der Waals surface area contributed by atoms with Gasteiger partial charge in [-0.1, -0.05) is 49.6 Å². The van der Waals surface area contributed by atoms with Crippen molar-refractivity contribution in [3.05, 3.63) is 35.4 Å². The highest BCUT2D eigenvalue weighted by atomic mass is 16.6. The van der Waals surface area contributed by atoms with Crippen LogP contribution in [0.15, 0.2) is 24.3 Å². The molecule has 2 atom stereocenters. The summed E-state index contributed by atoms with van der Waals surface area (Å²) in [7, 11) is 0. The van der Waals surface area contributed by atoms with Crippen LogP contribution in [0.5, 0.6) is 0 Å². The molecule has 2 unspecified atom stereocenters. The summed E-state index contributed by atoms with van der Waals surface area (Å²) < 4.78 is 5.22. The number of hydrogen-bond acceptors (Lipinski definition) is 6. The van der Waals surface area contributed by atoms with Gasteiger partial charge in [0.25, 0.3) is 0 Å². The number of unbranched alkanes of at least 4 members (excludes halogenated alkanes) is 2. The maximum Gasteiger partial charge on any atom is 0.408 e. The zero-order valence-corrected chi connectivity index (χ0v) is 21.4. The smallest absolute Gasteiger partial charge is 0.408 e. The van der Waals surface area contributed by atoms with E-state index >= 15 is 0 Å². The van der Waals surface area contributed by atoms with Crippen molar-refractivity contribution < 1.29 is 29.0 Å². The van der Waals surface area contributed by atoms with Gasteiger partial charge in [-0.3, -0.25) is 14.4 Å². The first-order valence-corrected chi connectivity index (χ1v) is 11.9. The van der Waals surface area contributed by atoms with E-state index in [1.165, 1.54) is 0 Å². The van der Waals surface area contributed by atoms with Crippen molar-refractivity contribution in [3.63, 3.8) is 0 Å². The topological polar surface area (TPSA) is 151 Å². The van der Waals surface area contributed by atoms with Crippen LogP contribution < -0.4 is 16.4 Å². The summed E-state index contributed by atoms with van der Waals surface area (Å²) in [4.78, 5) is 52.2. The quantitative estimate of drug-likeness (QED) is 0.309. The molecule has 0 saturated carbocycles. The van der Waals surface area contributed by atoms with E-state index in [9.17, 15) is 24.3 Å². The zero-order chi connectivity index (χ0) is 26.6. The zero-order valence-electron chi connectivity index (χ0n) is 21.4. The van der Waals surface area contributed by atoms with Crippen molar-refractivity contribution in [2.75, 3.05) is 19.7 Å². The third-order valence-corrected chi connectivity index (χ3v) is 5.02. The molecule has 0 heterocycles. The molecular weight excluding hydrogens is 452 g/mol. The van der Waals surface area contributed by atoms with Crippen LogP contribution in [0.4, 0.5) is 4.79 Å². The second kappa shape index (κ2) is 14.3. The third-order valence-electron chi connectivity index (χ3n) is 5.02. The average molecular weight is 493 g/mol. The molecule has 0 radical (unpaired) electrons. The maximum atomic E-state index is 13.6. The maximum absolute atomic E-state index is 13.6. The Bertz CT molecular complexity index is 868. The lowest BCUT2D eigenvalue weighted by Crippen LogP contribution is -2.54. The average Bonchev–Trinajstić information content (AvgIpc) is 2.74. The summed E-state index contributed by atoms with van der Waals surface area (Å²) >= 11 is 0. The van der Waals surface area contributed by atoms with Gasteiger partial charge in [-0.25, -0.2) is 4.79 Å². The molecule has 0 fully saturated rings. The number of carbonyl (C=O) groups excluding carboxylic acids is 4. The monoisotopic (exact) mass is 492 g/mol. The molecule has 35 heavy (non-hydrogen) atoms. The Balaban J connectivity index is 3.35. The van der Waals surface area contributed by atoms with Gasteiger partial charge in [-0.05, 0) is 39.7 Å². The van der Waals surface area contributed by atoms with Crippen LogP contribution in [-0.2, 0) is 19.1 Å². The van der Waals surface area contributed by atoms with Crippen molar-refractivity contribution in [2.45, 2.75) is 78.0 Å². The lowest BCUT2D eigenvalue weighted by Gasteiger charge is -2.34. The van der Waals surface area contributed by atoms with E-state index in [1.54, 1.807) is 39.0 Å². The summed E-state index contributed by atoms with van der Waals surface area (Å²) in [6.07, 6.45) is 1.30. The standard InChI is InChI=1S/C25H40N4O6/c1-6-7-8-12-27-22(32)21(18-11-9-10-17(2)15-18)29(13-14-30)23(33)19(16-20(26)31)28-24(34)35-25(3,4)5/h9-11,15,19,21,30H,6-8,12-14,16H2,1-5H3,(H2,26,31)(H,27,32)(H,28,34). The predicted molar refractivity (Wildman–Crippen MR) is 132 cm³/mol. The van der Waals surface area contributed by atoms with Crippen LogP contribution in [0.25, 0.3) is 0 Å². The van der Waals surface area contributed by atoms with E-state index in [0.717, 1.165) is 29.7 Å². The molecule has 0 bridgehead atoms. The molecule has 0 aliphatic carbocycles. The van der Waals surface area contributed by atoms with Gasteiger partial charge in [0, 0.05) is 13.1 Å². The summed E-state index contributed by atoms with van der Waals surface area (Å²) in [6, 6.07) is 4.64. The molecule has 1 rings (SSSR count). The number of aliphatic hydroxyl groups excluding tert-OH is 1. The number of alkyl carbamates (subject to hydrolysis) is 1. The summed E-state index contributed by atoms with van der Waals surface area (Å²) in [6.45, 7) is 8.67. The predicted octanol–water partition coefficient (Wildman–Crippen LogP) is 1.93. The first-order valence-electron chi connectivity index (χ1n) is 11.9. The number of nitrogens with zero attached hydrogens (tertiary/aromatic N) is 1. The van der Waals surface area contributed by atoms with Crippen molar-refractivity contribution in [3.8, 4) is 0 Å². The Morgan fingerprint density at radius 1 is 1.17 bits per heavy atom. The number of aryl methyl sites for hydroxylation is 1. The third kappa shape index (κ3) is 10.8. The first-order chi connectivity index (χ1) is 16.4. The summed E-state index contributed by atoms with van der Waals surface area (Å²) in [5, 5.41) is 15.0. The molecular formula is C25H40N4O6. The minimum Gasteiger partial charge on any atom is -0.444 e. The molecule has 196 valence electrons. The highest BCUT2D eigenvalue weighted by Crippen LogP contribution is 2.24. The van der Waals surface area contributed by atoms with Gasteiger partial charge in [0.2, 0.25) is 17.7 Å². The van der Waals surface area contributed by atoms with Gasteiger partial charge >= 0.3 is 6.09 Å². The molecule has 0 aliphatic rings. The lowest BCUT2D eigenvalue weighted by molar-refractivity contribution is -0.143. The lowest BCUT2D eigenvalue weighted by atomic mass is 10.00. The fourth-order valence-electron chi connectivity index (χ4n) is 3.52. The van der Waals surface area contributed by atoms with E-state index < -0.39 is 54.5 Å². The molecule has 5 N–H and O–H groups in total. The van der Waals surface area contributed by atoms with Crippen molar-refractivity contribution in [1.29, 1.82) is 0 Å². The fourth-order valence-corrected chi connectivity index (χ4v) is 3.52. The molecule has 10 nitrogen and oxygen atoms in total. The second-order valence-corrected chi connectivity index (χ2v) is 9.44. The first kappa shape index (κ1) is 29.9. The van der Waals surface area contributed by atoms with Crippen LogP contribution in [-0.4, -0.2) is 65.2 Å². The molecule has 0 saturated heterocycles. The minimum atomic E-state index is -1.38. The number of rotatable bonds is 13. The number of benzene rings is 1. The highest BCUT2D eigenvalue weighted by molar-refractivity contribution is 5.94. The number of nitrogens with two attached hydrogens (primary N) is 1. The van der Waals surface area contributed by atoms with Gasteiger partial charge < -0.3 is 31.1 Å². The molecule has 0 spiro atoms. The molecule has 10 heteroatoms. The van der Waals surface area contributed by atoms with E-state index in [-0.39, 0.29) is 6.54 Å². The van der Waals surface area contributed by atoms with Crippen LogP contribution in [0.3, 0.4) is 0 Å². The van der Waals surface area contributed by atoms with Crippen LogP contribution in [0, 0.1) is 6.92 Å². The number of carbonyl (C=O) groups is 4. The molecule has 1 aromatic carbocycles. The molecule has 0 aliphatic heterocycles. The van der Waals surface area contributed by atoms with Gasteiger partial charge in [-0.2, -0.15) is 0 Å². The van der Waals surface area contributed by atoms with E-state index in [4.69, 9.17) is 10.5 Å². The number of hydrogen-bond donors (Lipinski definition) is 4. The number of primary amides is 1. The Kier molecular flexibility index (Phi) is 12.2. The van der Waals surface area contributed by atoms with Crippen molar-refractivity contribution in [2.24, 2.45) is 5.73 Å². The van der Waals surface area contributed by atoms with Gasteiger partial charge in [-0.15, -0.1) is 0 Å². The highest BCUT2D eigenvalue weighted by Gasteiger charge is 2.36. The molecule has 4 amide bonds. The number of nitrogens with one attached hydrogen (secondary N) is 2. The largest absolute Gasteiger partial charge is 0.444 e. The van der Waals surface area contributed by atoms with E-state index in [0.29, 0.717) is 12.1 Å². The SMILES string of the molecule is CCCCCNC(=O)C(c1cccc(C)c1)N(CCO)C(=O)C(CC(N)=O)NC(=O)OC(C)(C)C. The normalized spacial score (nSPS) is 12.9.